The lowest BCUT2D eigenvalue weighted by Gasteiger charge is -2.11. The minimum absolute atomic E-state index is 0.161. The summed E-state index contributed by atoms with van der Waals surface area (Å²) >= 11 is 0. The van der Waals surface area contributed by atoms with E-state index in [-0.39, 0.29) is 5.69 Å². The first-order chi connectivity index (χ1) is 6.16. The second-order valence-electron chi connectivity index (χ2n) is 3.20. The van der Waals surface area contributed by atoms with Crippen molar-refractivity contribution in [2.45, 2.75) is 0 Å². The standard InChI is InChI=1S/C9H11N3O/c1-12(2)6-3-4-7-8(5-6)11-9(13)10-7/h3-5H,1-2H3,(H2,10,11,13). The molecule has 4 heteroatoms. The average molecular weight is 177 g/mol. The number of nitrogens with one attached hydrogen (secondary N) is 2. The molecule has 68 valence electrons. The molecule has 0 radical (unpaired) electrons. The van der Waals surface area contributed by atoms with Crippen LogP contribution < -0.4 is 10.6 Å². The molecule has 1 aromatic heterocycles. The van der Waals surface area contributed by atoms with Gasteiger partial charge in [-0.15, -0.1) is 0 Å². The fourth-order valence-corrected chi connectivity index (χ4v) is 1.30. The Morgan fingerprint density at radius 2 is 1.85 bits per heavy atom. The number of nitrogens with zero attached hydrogens (tertiary/aromatic N) is 1. The van der Waals surface area contributed by atoms with Crippen LogP contribution in [0.4, 0.5) is 5.69 Å². The summed E-state index contributed by atoms with van der Waals surface area (Å²) in [5.41, 5.74) is 2.60. The van der Waals surface area contributed by atoms with Crippen LogP contribution in [0, 0.1) is 0 Å². The van der Waals surface area contributed by atoms with E-state index in [1.165, 1.54) is 0 Å². The number of hydrogen-bond donors (Lipinski definition) is 2. The van der Waals surface area contributed by atoms with E-state index in [4.69, 9.17) is 0 Å². The van der Waals surface area contributed by atoms with Crippen LogP contribution in [-0.2, 0) is 0 Å². The van der Waals surface area contributed by atoms with E-state index in [0.29, 0.717) is 0 Å². The number of anilines is 1. The SMILES string of the molecule is CN(C)c1ccc2[nH]c(=O)[nH]c2c1. The zero-order chi connectivity index (χ0) is 9.42. The number of benzene rings is 1. The van der Waals surface area contributed by atoms with E-state index >= 15 is 0 Å². The summed E-state index contributed by atoms with van der Waals surface area (Å²) in [5, 5.41) is 0. The Bertz CT molecular complexity index is 481. The zero-order valence-corrected chi connectivity index (χ0v) is 7.59. The summed E-state index contributed by atoms with van der Waals surface area (Å²) < 4.78 is 0. The molecule has 0 atom stereocenters. The number of fused-ring (bicyclic) bond motifs is 1. The quantitative estimate of drug-likeness (QED) is 0.680. The Morgan fingerprint density at radius 3 is 2.54 bits per heavy atom. The molecule has 0 saturated carbocycles. The lowest BCUT2D eigenvalue weighted by Crippen LogP contribution is -2.07. The number of aromatic nitrogens is 2. The minimum Gasteiger partial charge on any atom is -0.378 e. The first kappa shape index (κ1) is 7.91. The summed E-state index contributed by atoms with van der Waals surface area (Å²) in [5.74, 6) is 0. The van der Waals surface area contributed by atoms with Crippen molar-refractivity contribution in [3.8, 4) is 0 Å². The molecule has 13 heavy (non-hydrogen) atoms. The second kappa shape index (κ2) is 2.65. The molecule has 0 fully saturated rings. The fraction of sp³-hybridized carbons (Fsp3) is 0.222. The highest BCUT2D eigenvalue weighted by molar-refractivity contribution is 5.78. The Balaban J connectivity index is 2.68. The van der Waals surface area contributed by atoms with Gasteiger partial charge in [0.25, 0.3) is 0 Å². The molecule has 0 unspecified atom stereocenters. The molecule has 0 aliphatic heterocycles. The number of H-pyrrole nitrogens is 2. The van der Waals surface area contributed by atoms with Gasteiger partial charge in [0.1, 0.15) is 0 Å². The molecule has 2 N–H and O–H groups in total. The molecule has 0 bridgehead atoms. The van der Waals surface area contributed by atoms with Crippen molar-refractivity contribution in [1.82, 2.24) is 9.97 Å². The third kappa shape index (κ3) is 1.30. The van der Waals surface area contributed by atoms with Gasteiger partial charge in [-0.3, -0.25) is 0 Å². The molecule has 2 rings (SSSR count). The number of aromatic amines is 2. The van der Waals surface area contributed by atoms with E-state index in [9.17, 15) is 4.79 Å². The van der Waals surface area contributed by atoms with Crippen LogP contribution >= 0.6 is 0 Å². The zero-order valence-electron chi connectivity index (χ0n) is 7.59. The van der Waals surface area contributed by atoms with Crippen molar-refractivity contribution < 1.29 is 0 Å². The maximum Gasteiger partial charge on any atom is 0.323 e. The summed E-state index contributed by atoms with van der Waals surface area (Å²) in [7, 11) is 3.93. The van der Waals surface area contributed by atoms with Gasteiger partial charge in [-0.1, -0.05) is 0 Å². The summed E-state index contributed by atoms with van der Waals surface area (Å²) in [6.45, 7) is 0. The molecular weight excluding hydrogens is 166 g/mol. The second-order valence-corrected chi connectivity index (χ2v) is 3.20. The van der Waals surface area contributed by atoms with E-state index in [1.807, 2.05) is 37.2 Å². The molecule has 0 spiro atoms. The Hall–Kier alpha value is -1.71. The van der Waals surface area contributed by atoms with Gasteiger partial charge in [0.05, 0.1) is 11.0 Å². The molecule has 1 heterocycles. The highest BCUT2D eigenvalue weighted by Gasteiger charge is 2.00. The topological polar surface area (TPSA) is 51.9 Å². The summed E-state index contributed by atoms with van der Waals surface area (Å²) in [4.78, 5) is 18.3. The molecule has 4 nitrogen and oxygen atoms in total. The Morgan fingerprint density at radius 1 is 1.15 bits per heavy atom. The van der Waals surface area contributed by atoms with Gasteiger partial charge in [0, 0.05) is 19.8 Å². The van der Waals surface area contributed by atoms with E-state index < -0.39 is 0 Å². The molecule has 2 aromatic rings. The predicted molar refractivity (Wildman–Crippen MR) is 53.2 cm³/mol. The summed E-state index contributed by atoms with van der Waals surface area (Å²) in [6, 6.07) is 5.79. The largest absolute Gasteiger partial charge is 0.378 e. The number of hydrogen-bond acceptors (Lipinski definition) is 2. The van der Waals surface area contributed by atoms with Crippen LogP contribution in [0.25, 0.3) is 11.0 Å². The van der Waals surface area contributed by atoms with Crippen LogP contribution in [0.1, 0.15) is 0 Å². The first-order valence-corrected chi connectivity index (χ1v) is 4.06. The van der Waals surface area contributed by atoms with Crippen LogP contribution in [0.15, 0.2) is 23.0 Å². The van der Waals surface area contributed by atoms with Crippen molar-refractivity contribution in [2.75, 3.05) is 19.0 Å². The van der Waals surface area contributed by atoms with Gasteiger partial charge >= 0.3 is 5.69 Å². The maximum atomic E-state index is 10.9. The first-order valence-electron chi connectivity index (χ1n) is 4.06. The molecule has 0 aliphatic carbocycles. The van der Waals surface area contributed by atoms with Crippen molar-refractivity contribution in [3.63, 3.8) is 0 Å². The van der Waals surface area contributed by atoms with Gasteiger partial charge in [0.15, 0.2) is 0 Å². The summed E-state index contributed by atoms with van der Waals surface area (Å²) in [6.07, 6.45) is 0. The van der Waals surface area contributed by atoms with Crippen LogP contribution in [0.2, 0.25) is 0 Å². The minimum atomic E-state index is -0.161. The molecule has 0 saturated heterocycles. The average Bonchev–Trinajstić information content (AvgIpc) is 2.42. The van der Waals surface area contributed by atoms with E-state index in [1.54, 1.807) is 0 Å². The van der Waals surface area contributed by atoms with Crippen molar-refractivity contribution in [3.05, 3.63) is 28.7 Å². The van der Waals surface area contributed by atoms with Crippen LogP contribution in [0.3, 0.4) is 0 Å². The van der Waals surface area contributed by atoms with Crippen LogP contribution in [-0.4, -0.2) is 24.1 Å². The van der Waals surface area contributed by atoms with Gasteiger partial charge in [-0.05, 0) is 18.2 Å². The Kier molecular flexibility index (Phi) is 1.62. The predicted octanol–water partition coefficient (Wildman–Crippen LogP) is 0.922. The lowest BCUT2D eigenvalue weighted by molar-refractivity contribution is 1.13. The molecule has 0 amide bonds. The third-order valence-corrected chi connectivity index (χ3v) is 2.02. The smallest absolute Gasteiger partial charge is 0.323 e. The molecular formula is C9H11N3O. The highest BCUT2D eigenvalue weighted by Crippen LogP contribution is 2.16. The van der Waals surface area contributed by atoms with E-state index in [2.05, 4.69) is 9.97 Å². The van der Waals surface area contributed by atoms with Gasteiger partial charge in [-0.2, -0.15) is 0 Å². The lowest BCUT2D eigenvalue weighted by atomic mass is 10.2. The number of imidazole rings is 1. The molecule has 1 aromatic carbocycles. The van der Waals surface area contributed by atoms with Gasteiger partial charge in [0.2, 0.25) is 0 Å². The molecule has 0 aliphatic rings. The van der Waals surface area contributed by atoms with Gasteiger partial charge in [-0.25, -0.2) is 4.79 Å². The normalized spacial score (nSPS) is 10.6. The fourth-order valence-electron chi connectivity index (χ4n) is 1.30. The highest BCUT2D eigenvalue weighted by atomic mass is 16.1. The monoisotopic (exact) mass is 177 g/mol. The van der Waals surface area contributed by atoms with Gasteiger partial charge < -0.3 is 14.9 Å². The maximum absolute atomic E-state index is 10.9. The van der Waals surface area contributed by atoms with Crippen molar-refractivity contribution >= 4 is 16.7 Å². The third-order valence-electron chi connectivity index (χ3n) is 2.02. The van der Waals surface area contributed by atoms with Crippen molar-refractivity contribution in [2.24, 2.45) is 0 Å². The van der Waals surface area contributed by atoms with Crippen molar-refractivity contribution in [1.29, 1.82) is 0 Å². The van der Waals surface area contributed by atoms with Crippen LogP contribution in [0.5, 0.6) is 0 Å². The number of rotatable bonds is 1. The van der Waals surface area contributed by atoms with E-state index in [0.717, 1.165) is 16.7 Å². The Labute approximate surface area is 75.2 Å².